The molecule has 0 N–H and O–H groups in total. The van der Waals surface area contributed by atoms with Crippen LogP contribution in [0.25, 0.3) is 0 Å². The fraction of sp³-hybridized carbons (Fsp3) is 0.333. The van der Waals surface area contributed by atoms with E-state index in [1.807, 2.05) is 6.92 Å². The van der Waals surface area contributed by atoms with E-state index in [1.165, 1.54) is 54.0 Å². The molecule has 0 fully saturated rings. The Labute approximate surface area is 170 Å². The SMILES string of the molecule is CCC[C@H]1COc2ccc(F)cc2[C@@]12SC(c1cc(F)cc(F)c1)=NN2C(C)=O. The second-order valence-corrected chi connectivity index (χ2v) is 8.34. The Morgan fingerprint density at radius 2 is 1.93 bits per heavy atom. The summed E-state index contributed by atoms with van der Waals surface area (Å²) in [5.74, 6) is -1.99. The highest BCUT2D eigenvalue weighted by atomic mass is 32.2. The van der Waals surface area contributed by atoms with Gasteiger partial charge in [0.05, 0.1) is 6.61 Å². The molecule has 4 nitrogen and oxygen atoms in total. The summed E-state index contributed by atoms with van der Waals surface area (Å²) in [6.07, 6.45) is 1.52. The van der Waals surface area contributed by atoms with Crippen molar-refractivity contribution in [1.29, 1.82) is 0 Å². The van der Waals surface area contributed by atoms with Gasteiger partial charge in [-0.2, -0.15) is 5.10 Å². The number of halogens is 3. The third kappa shape index (κ3) is 3.29. The third-order valence-corrected chi connectivity index (χ3v) is 6.67. The number of hydrazone groups is 1. The summed E-state index contributed by atoms with van der Waals surface area (Å²) < 4.78 is 47.7. The first kappa shape index (κ1) is 19.8. The highest BCUT2D eigenvalue weighted by Crippen LogP contribution is 2.57. The first-order valence-corrected chi connectivity index (χ1v) is 10.1. The molecule has 152 valence electrons. The van der Waals surface area contributed by atoms with Crippen LogP contribution in [0.1, 0.15) is 37.8 Å². The molecular formula is C21H19F3N2O2S. The van der Waals surface area contributed by atoms with Crippen molar-refractivity contribution in [2.24, 2.45) is 11.0 Å². The summed E-state index contributed by atoms with van der Waals surface area (Å²) in [7, 11) is 0. The van der Waals surface area contributed by atoms with Gasteiger partial charge in [-0.3, -0.25) is 4.79 Å². The van der Waals surface area contributed by atoms with E-state index in [9.17, 15) is 18.0 Å². The van der Waals surface area contributed by atoms with Gasteiger partial charge in [0.2, 0.25) is 5.91 Å². The zero-order chi connectivity index (χ0) is 20.8. The molecule has 2 aliphatic heterocycles. The highest BCUT2D eigenvalue weighted by molar-refractivity contribution is 8.15. The van der Waals surface area contributed by atoms with Crippen LogP contribution >= 0.6 is 11.8 Å². The van der Waals surface area contributed by atoms with Crippen LogP contribution in [0.4, 0.5) is 13.2 Å². The zero-order valence-corrected chi connectivity index (χ0v) is 16.7. The van der Waals surface area contributed by atoms with Crippen LogP contribution in [0.5, 0.6) is 5.75 Å². The molecule has 1 amide bonds. The number of hydrogen-bond acceptors (Lipinski definition) is 4. The molecular weight excluding hydrogens is 401 g/mol. The molecule has 0 unspecified atom stereocenters. The second-order valence-electron chi connectivity index (χ2n) is 7.13. The van der Waals surface area contributed by atoms with Crippen molar-refractivity contribution < 1.29 is 22.7 Å². The average molecular weight is 420 g/mol. The molecule has 2 atom stereocenters. The van der Waals surface area contributed by atoms with Gasteiger partial charge < -0.3 is 4.74 Å². The molecule has 0 saturated heterocycles. The average Bonchev–Trinajstić information content (AvgIpc) is 3.06. The van der Waals surface area contributed by atoms with Crippen molar-refractivity contribution in [1.82, 2.24) is 5.01 Å². The van der Waals surface area contributed by atoms with Crippen LogP contribution in [0, 0.1) is 23.4 Å². The highest BCUT2D eigenvalue weighted by Gasteiger charge is 2.56. The molecule has 0 bridgehead atoms. The number of rotatable bonds is 3. The number of carbonyl (C=O) groups is 1. The summed E-state index contributed by atoms with van der Waals surface area (Å²) in [6, 6.07) is 7.31. The molecule has 29 heavy (non-hydrogen) atoms. The Kier molecular flexibility index (Phi) is 5.06. The Balaban J connectivity index is 1.90. The quantitative estimate of drug-likeness (QED) is 0.700. The lowest BCUT2D eigenvalue weighted by atomic mass is 9.86. The normalized spacial score (nSPS) is 23.0. The maximum absolute atomic E-state index is 14.2. The van der Waals surface area contributed by atoms with E-state index in [-0.39, 0.29) is 17.4 Å². The van der Waals surface area contributed by atoms with Gasteiger partial charge in [-0.05, 0) is 36.8 Å². The summed E-state index contributed by atoms with van der Waals surface area (Å²) >= 11 is 1.22. The lowest BCUT2D eigenvalue weighted by Crippen LogP contribution is -2.50. The maximum atomic E-state index is 14.2. The summed E-state index contributed by atoms with van der Waals surface area (Å²) in [6.45, 7) is 3.71. The predicted octanol–water partition coefficient (Wildman–Crippen LogP) is 5.02. The lowest BCUT2D eigenvalue weighted by molar-refractivity contribution is -0.134. The minimum atomic E-state index is -1.05. The van der Waals surface area contributed by atoms with Crippen LogP contribution in [0.15, 0.2) is 41.5 Å². The van der Waals surface area contributed by atoms with Gasteiger partial charge in [-0.15, -0.1) is 0 Å². The fourth-order valence-electron chi connectivity index (χ4n) is 3.96. The third-order valence-electron chi connectivity index (χ3n) is 5.12. The van der Waals surface area contributed by atoms with Gasteiger partial charge in [0.15, 0.2) is 4.87 Å². The molecule has 2 heterocycles. The Morgan fingerprint density at radius 1 is 1.21 bits per heavy atom. The molecule has 0 radical (unpaired) electrons. The molecule has 8 heteroatoms. The van der Waals surface area contributed by atoms with Crippen LogP contribution in [0.3, 0.4) is 0 Å². The smallest absolute Gasteiger partial charge is 0.241 e. The number of benzene rings is 2. The molecule has 2 aliphatic rings. The van der Waals surface area contributed by atoms with E-state index >= 15 is 0 Å². The topological polar surface area (TPSA) is 41.9 Å². The van der Waals surface area contributed by atoms with Gasteiger partial charge in [0.1, 0.15) is 28.2 Å². The Bertz CT molecular complexity index is 993. The van der Waals surface area contributed by atoms with E-state index in [0.29, 0.717) is 29.4 Å². The molecule has 2 aromatic carbocycles. The number of carbonyl (C=O) groups excluding carboxylic acids is 1. The van der Waals surface area contributed by atoms with Crippen molar-refractivity contribution in [2.75, 3.05) is 6.61 Å². The standard InChI is InChI=1S/C21H19F3N2O2S/c1-3-4-14-11-28-19-6-5-15(22)10-18(19)21(14)26(12(2)27)25-20(29-21)13-7-16(23)9-17(24)8-13/h5-10,14H,3-4,11H2,1-2H3/t14-,21-/m0/s1. The lowest BCUT2D eigenvalue weighted by Gasteiger charge is -2.45. The molecule has 0 aliphatic carbocycles. The van der Waals surface area contributed by atoms with Crippen LogP contribution in [-0.2, 0) is 9.67 Å². The minimum absolute atomic E-state index is 0.185. The molecule has 4 rings (SSSR count). The zero-order valence-electron chi connectivity index (χ0n) is 15.9. The van der Waals surface area contributed by atoms with Gasteiger partial charge in [-0.25, -0.2) is 18.2 Å². The summed E-state index contributed by atoms with van der Waals surface area (Å²) in [4.78, 5) is 11.6. The Hall–Kier alpha value is -2.48. The Morgan fingerprint density at radius 3 is 2.59 bits per heavy atom. The number of ether oxygens (including phenoxy) is 1. The van der Waals surface area contributed by atoms with Gasteiger partial charge in [0.25, 0.3) is 0 Å². The number of nitrogens with zero attached hydrogens (tertiary/aromatic N) is 2. The number of amides is 1. The van der Waals surface area contributed by atoms with Crippen LogP contribution < -0.4 is 4.74 Å². The largest absolute Gasteiger partial charge is 0.493 e. The van der Waals surface area contributed by atoms with Crippen LogP contribution in [-0.4, -0.2) is 22.6 Å². The predicted molar refractivity (Wildman–Crippen MR) is 105 cm³/mol. The second kappa shape index (κ2) is 7.40. The number of thioether (sulfide) groups is 1. The molecule has 0 aromatic heterocycles. The van der Waals surface area contributed by atoms with Crippen molar-refractivity contribution in [2.45, 2.75) is 31.6 Å². The van der Waals surface area contributed by atoms with Crippen molar-refractivity contribution in [3.8, 4) is 5.75 Å². The van der Waals surface area contributed by atoms with E-state index in [1.54, 1.807) is 0 Å². The number of fused-ring (bicyclic) bond motifs is 2. The van der Waals surface area contributed by atoms with Crippen LogP contribution in [0.2, 0.25) is 0 Å². The van der Waals surface area contributed by atoms with E-state index in [4.69, 9.17) is 4.74 Å². The van der Waals surface area contributed by atoms with Crippen molar-refractivity contribution in [3.05, 3.63) is 65.0 Å². The molecule has 1 spiro atoms. The maximum Gasteiger partial charge on any atom is 0.241 e. The van der Waals surface area contributed by atoms with Crippen molar-refractivity contribution in [3.63, 3.8) is 0 Å². The first-order valence-electron chi connectivity index (χ1n) is 9.33. The molecule has 0 saturated carbocycles. The summed E-state index contributed by atoms with van der Waals surface area (Å²) in [5.41, 5.74) is 0.730. The van der Waals surface area contributed by atoms with Gasteiger partial charge in [0, 0.05) is 30.0 Å². The van der Waals surface area contributed by atoms with E-state index in [0.717, 1.165) is 12.5 Å². The van der Waals surface area contributed by atoms with Crippen molar-refractivity contribution >= 4 is 22.7 Å². The van der Waals surface area contributed by atoms with Gasteiger partial charge >= 0.3 is 0 Å². The summed E-state index contributed by atoms with van der Waals surface area (Å²) in [5, 5.41) is 6.05. The fourth-order valence-corrected chi connectivity index (χ4v) is 5.49. The van der Waals surface area contributed by atoms with E-state index < -0.39 is 22.3 Å². The monoisotopic (exact) mass is 420 g/mol. The van der Waals surface area contributed by atoms with Gasteiger partial charge in [-0.1, -0.05) is 25.1 Å². The minimum Gasteiger partial charge on any atom is -0.493 e. The molecule has 2 aromatic rings. The number of hydrogen-bond donors (Lipinski definition) is 0. The van der Waals surface area contributed by atoms with E-state index in [2.05, 4.69) is 5.10 Å². The first-order chi connectivity index (χ1) is 13.8.